The Hall–Kier alpha value is -0.820. The summed E-state index contributed by atoms with van der Waals surface area (Å²) in [5.74, 6) is 1.53. The molecule has 1 nitrogen and oxygen atoms in total. The fourth-order valence-electron chi connectivity index (χ4n) is 2.51. The van der Waals surface area contributed by atoms with Gasteiger partial charge < -0.3 is 5.32 Å². The summed E-state index contributed by atoms with van der Waals surface area (Å²) in [6.07, 6.45) is 2.43. The second-order valence-corrected chi connectivity index (χ2v) is 4.67. The maximum Gasteiger partial charge on any atom is -0.00173 e. The number of rotatable bonds is 2. The molecule has 1 heterocycles. The van der Waals surface area contributed by atoms with E-state index in [1.54, 1.807) is 0 Å². The van der Waals surface area contributed by atoms with Crippen molar-refractivity contribution in [2.45, 2.75) is 32.6 Å². The van der Waals surface area contributed by atoms with E-state index in [2.05, 4.69) is 43.4 Å². The molecule has 1 aromatic carbocycles. The van der Waals surface area contributed by atoms with Gasteiger partial charge in [0.25, 0.3) is 0 Å². The monoisotopic (exact) mass is 203 g/mol. The van der Waals surface area contributed by atoms with Gasteiger partial charge in [0.2, 0.25) is 0 Å². The summed E-state index contributed by atoms with van der Waals surface area (Å²) in [6, 6.07) is 9.21. The standard InChI is InChI=1S/C14H21N/c1-3-12-4-6-13(7-5-12)14-8-9-15-10-11(14)2/h4-7,11,14-15H,3,8-10H2,1-2H3. The number of hydrogen-bond donors (Lipinski definition) is 1. The molecule has 82 valence electrons. The zero-order chi connectivity index (χ0) is 10.7. The molecule has 0 saturated carbocycles. The Morgan fingerprint density at radius 2 is 2.00 bits per heavy atom. The highest BCUT2D eigenvalue weighted by Crippen LogP contribution is 2.29. The molecule has 1 aliphatic heterocycles. The summed E-state index contributed by atoms with van der Waals surface area (Å²) in [6.45, 7) is 6.90. The van der Waals surface area contributed by atoms with Gasteiger partial charge in [-0.05, 0) is 48.9 Å². The van der Waals surface area contributed by atoms with Crippen molar-refractivity contribution in [3.05, 3.63) is 35.4 Å². The van der Waals surface area contributed by atoms with Gasteiger partial charge in [-0.3, -0.25) is 0 Å². The van der Waals surface area contributed by atoms with E-state index in [0.29, 0.717) is 0 Å². The minimum absolute atomic E-state index is 0.761. The van der Waals surface area contributed by atoms with Crippen molar-refractivity contribution in [2.75, 3.05) is 13.1 Å². The van der Waals surface area contributed by atoms with Crippen LogP contribution in [-0.2, 0) is 6.42 Å². The molecule has 1 fully saturated rings. The third-order valence-electron chi connectivity index (χ3n) is 3.60. The summed E-state index contributed by atoms with van der Waals surface area (Å²) >= 11 is 0. The molecule has 2 unspecified atom stereocenters. The maximum atomic E-state index is 3.46. The van der Waals surface area contributed by atoms with Gasteiger partial charge in [-0.1, -0.05) is 38.1 Å². The molecule has 1 aliphatic rings. The van der Waals surface area contributed by atoms with Crippen LogP contribution in [0, 0.1) is 5.92 Å². The van der Waals surface area contributed by atoms with Crippen LogP contribution < -0.4 is 5.32 Å². The normalized spacial score (nSPS) is 26.5. The summed E-state index contributed by atoms with van der Waals surface area (Å²) in [7, 11) is 0. The lowest BCUT2D eigenvalue weighted by Crippen LogP contribution is -2.33. The summed E-state index contributed by atoms with van der Waals surface area (Å²) in [5.41, 5.74) is 2.97. The van der Waals surface area contributed by atoms with Crippen molar-refractivity contribution in [1.29, 1.82) is 0 Å². The summed E-state index contributed by atoms with van der Waals surface area (Å²) in [4.78, 5) is 0. The lowest BCUT2D eigenvalue weighted by atomic mass is 9.82. The quantitative estimate of drug-likeness (QED) is 0.779. The first-order chi connectivity index (χ1) is 7.31. The predicted molar refractivity (Wildman–Crippen MR) is 65.2 cm³/mol. The molecule has 1 saturated heterocycles. The maximum absolute atomic E-state index is 3.46. The van der Waals surface area contributed by atoms with Crippen LogP contribution in [0.15, 0.2) is 24.3 Å². The molecule has 1 N–H and O–H groups in total. The second-order valence-electron chi connectivity index (χ2n) is 4.67. The second kappa shape index (κ2) is 4.80. The fourth-order valence-corrected chi connectivity index (χ4v) is 2.51. The molecule has 0 radical (unpaired) electrons. The average molecular weight is 203 g/mol. The Balaban J connectivity index is 2.13. The van der Waals surface area contributed by atoms with Crippen LogP contribution in [0.25, 0.3) is 0 Å². The van der Waals surface area contributed by atoms with E-state index in [4.69, 9.17) is 0 Å². The number of benzene rings is 1. The molecule has 15 heavy (non-hydrogen) atoms. The topological polar surface area (TPSA) is 12.0 Å². The van der Waals surface area contributed by atoms with Gasteiger partial charge >= 0.3 is 0 Å². The highest BCUT2D eigenvalue weighted by atomic mass is 14.9. The number of nitrogens with one attached hydrogen (secondary N) is 1. The van der Waals surface area contributed by atoms with Crippen molar-refractivity contribution in [3.63, 3.8) is 0 Å². The van der Waals surface area contributed by atoms with Gasteiger partial charge in [0.1, 0.15) is 0 Å². The van der Waals surface area contributed by atoms with E-state index in [9.17, 15) is 0 Å². The van der Waals surface area contributed by atoms with Crippen molar-refractivity contribution < 1.29 is 0 Å². The van der Waals surface area contributed by atoms with Crippen LogP contribution in [0.1, 0.15) is 37.3 Å². The van der Waals surface area contributed by atoms with Crippen LogP contribution in [0.2, 0.25) is 0 Å². The zero-order valence-electron chi connectivity index (χ0n) is 9.79. The van der Waals surface area contributed by atoms with E-state index in [1.165, 1.54) is 30.6 Å². The molecule has 0 aromatic heterocycles. The fraction of sp³-hybridized carbons (Fsp3) is 0.571. The molecule has 2 rings (SSSR count). The van der Waals surface area contributed by atoms with Gasteiger partial charge in [-0.15, -0.1) is 0 Å². The van der Waals surface area contributed by atoms with Crippen LogP contribution in [0.3, 0.4) is 0 Å². The number of piperidine rings is 1. The largest absolute Gasteiger partial charge is 0.316 e. The molecular formula is C14H21N. The van der Waals surface area contributed by atoms with Gasteiger partial charge in [0.05, 0.1) is 0 Å². The molecule has 0 amide bonds. The van der Waals surface area contributed by atoms with Crippen molar-refractivity contribution in [1.82, 2.24) is 5.32 Å². The van der Waals surface area contributed by atoms with E-state index in [0.717, 1.165) is 18.3 Å². The smallest absolute Gasteiger partial charge is 0.00173 e. The minimum atomic E-state index is 0.761. The van der Waals surface area contributed by atoms with Crippen LogP contribution >= 0.6 is 0 Å². The SMILES string of the molecule is CCc1ccc(C2CCNCC2C)cc1. The van der Waals surface area contributed by atoms with E-state index in [-0.39, 0.29) is 0 Å². The Kier molecular flexibility index (Phi) is 3.42. The number of hydrogen-bond acceptors (Lipinski definition) is 1. The third-order valence-corrected chi connectivity index (χ3v) is 3.60. The first-order valence-corrected chi connectivity index (χ1v) is 6.10. The molecule has 0 bridgehead atoms. The van der Waals surface area contributed by atoms with Gasteiger partial charge in [0, 0.05) is 0 Å². The van der Waals surface area contributed by atoms with Gasteiger partial charge in [-0.25, -0.2) is 0 Å². The van der Waals surface area contributed by atoms with Crippen LogP contribution in [-0.4, -0.2) is 13.1 Å². The summed E-state index contributed by atoms with van der Waals surface area (Å²) < 4.78 is 0. The van der Waals surface area contributed by atoms with E-state index >= 15 is 0 Å². The molecule has 2 atom stereocenters. The minimum Gasteiger partial charge on any atom is -0.316 e. The Morgan fingerprint density at radius 1 is 1.27 bits per heavy atom. The molecule has 0 aliphatic carbocycles. The lowest BCUT2D eigenvalue weighted by molar-refractivity contribution is 0.349. The first kappa shape index (κ1) is 10.7. The molecule has 1 heteroatoms. The number of aryl methyl sites for hydroxylation is 1. The van der Waals surface area contributed by atoms with E-state index < -0.39 is 0 Å². The summed E-state index contributed by atoms with van der Waals surface area (Å²) in [5, 5.41) is 3.46. The Labute approximate surface area is 92.9 Å². The predicted octanol–water partition coefficient (Wildman–Crippen LogP) is 2.96. The Bertz CT molecular complexity index is 302. The van der Waals surface area contributed by atoms with Crippen LogP contribution in [0.5, 0.6) is 0 Å². The third kappa shape index (κ3) is 2.40. The van der Waals surface area contributed by atoms with Crippen LogP contribution in [0.4, 0.5) is 0 Å². The average Bonchev–Trinajstić information content (AvgIpc) is 2.30. The molecule has 1 aromatic rings. The van der Waals surface area contributed by atoms with Crippen molar-refractivity contribution in [3.8, 4) is 0 Å². The Morgan fingerprint density at radius 3 is 2.60 bits per heavy atom. The molecule has 0 spiro atoms. The highest BCUT2D eigenvalue weighted by molar-refractivity contribution is 5.26. The van der Waals surface area contributed by atoms with Gasteiger partial charge in [-0.2, -0.15) is 0 Å². The molecular weight excluding hydrogens is 182 g/mol. The van der Waals surface area contributed by atoms with E-state index in [1.807, 2.05) is 0 Å². The highest BCUT2D eigenvalue weighted by Gasteiger charge is 2.22. The van der Waals surface area contributed by atoms with Crippen molar-refractivity contribution in [2.24, 2.45) is 5.92 Å². The first-order valence-electron chi connectivity index (χ1n) is 6.10. The van der Waals surface area contributed by atoms with Crippen molar-refractivity contribution >= 4 is 0 Å². The van der Waals surface area contributed by atoms with Gasteiger partial charge in [0.15, 0.2) is 0 Å². The lowest BCUT2D eigenvalue weighted by Gasteiger charge is -2.30. The zero-order valence-corrected chi connectivity index (χ0v) is 9.79.